The summed E-state index contributed by atoms with van der Waals surface area (Å²) in [5.41, 5.74) is 0. The molecule has 4 atom stereocenters. The third kappa shape index (κ3) is 4.21. The highest BCUT2D eigenvalue weighted by molar-refractivity contribution is 5.84. The van der Waals surface area contributed by atoms with Gasteiger partial charge in [-0.1, -0.05) is 47.5 Å². The lowest BCUT2D eigenvalue weighted by Gasteiger charge is -2.38. The van der Waals surface area contributed by atoms with Gasteiger partial charge in [0, 0.05) is 6.04 Å². The molecule has 2 aliphatic rings. The zero-order valence-corrected chi connectivity index (χ0v) is 14.6. The molecule has 122 valence electrons. The van der Waals surface area contributed by atoms with Crippen LogP contribution in [0.4, 0.5) is 0 Å². The largest absolute Gasteiger partial charge is 0.323 e. The quantitative estimate of drug-likeness (QED) is 0.837. The van der Waals surface area contributed by atoms with E-state index in [-0.39, 0.29) is 12.2 Å². The minimum absolute atomic E-state index is 0.0472. The lowest BCUT2D eigenvalue weighted by molar-refractivity contribution is -0.133. The summed E-state index contributed by atoms with van der Waals surface area (Å²) in [7, 11) is 0. The van der Waals surface area contributed by atoms with Crippen molar-refractivity contribution in [1.29, 1.82) is 0 Å². The number of hydrogen-bond donors (Lipinski definition) is 1. The lowest BCUT2D eigenvalue weighted by atomic mass is 9.85. The predicted molar refractivity (Wildman–Crippen MR) is 87.9 cm³/mol. The molecular formula is C18H34N2O. The first-order valence-electron chi connectivity index (χ1n) is 8.96. The highest BCUT2D eigenvalue weighted by Gasteiger charge is 2.43. The van der Waals surface area contributed by atoms with Gasteiger partial charge in [-0.15, -0.1) is 0 Å². The molecule has 3 nitrogen and oxygen atoms in total. The molecule has 1 amide bonds. The maximum atomic E-state index is 12.9. The standard InChI is InChI=1S/C18H34N2O/c1-12(2)9-16-18(21)20(17(19-16)10-13(3)4)15-8-6-7-14(5)11-15/h12-17,19H,6-11H2,1-5H3. The van der Waals surface area contributed by atoms with E-state index in [4.69, 9.17) is 0 Å². The van der Waals surface area contributed by atoms with Crippen molar-refractivity contribution in [3.63, 3.8) is 0 Å². The topological polar surface area (TPSA) is 32.3 Å². The summed E-state index contributed by atoms with van der Waals surface area (Å²) in [6.45, 7) is 11.3. The van der Waals surface area contributed by atoms with Gasteiger partial charge < -0.3 is 4.90 Å². The molecule has 1 aliphatic carbocycles. The van der Waals surface area contributed by atoms with Crippen molar-refractivity contribution in [3.05, 3.63) is 0 Å². The molecule has 0 aromatic heterocycles. The average Bonchev–Trinajstić information content (AvgIpc) is 2.64. The first-order chi connectivity index (χ1) is 9.88. The van der Waals surface area contributed by atoms with Crippen LogP contribution < -0.4 is 5.32 Å². The first-order valence-corrected chi connectivity index (χ1v) is 8.96. The normalized spacial score (nSPS) is 34.2. The molecule has 0 aromatic rings. The summed E-state index contributed by atoms with van der Waals surface area (Å²) in [6, 6.07) is 0.514. The van der Waals surface area contributed by atoms with Gasteiger partial charge in [0.05, 0.1) is 12.2 Å². The molecule has 21 heavy (non-hydrogen) atoms. The van der Waals surface area contributed by atoms with Gasteiger partial charge in [-0.3, -0.25) is 10.1 Å². The molecule has 1 saturated heterocycles. The van der Waals surface area contributed by atoms with Gasteiger partial charge in [0.2, 0.25) is 5.91 Å². The zero-order chi connectivity index (χ0) is 15.6. The van der Waals surface area contributed by atoms with Gasteiger partial charge >= 0.3 is 0 Å². The minimum atomic E-state index is 0.0472. The van der Waals surface area contributed by atoms with Gasteiger partial charge in [-0.25, -0.2) is 0 Å². The number of hydrogen-bond acceptors (Lipinski definition) is 2. The second-order valence-corrected chi connectivity index (χ2v) is 8.17. The number of rotatable bonds is 5. The summed E-state index contributed by atoms with van der Waals surface area (Å²) in [4.78, 5) is 15.1. The first kappa shape index (κ1) is 16.8. The van der Waals surface area contributed by atoms with E-state index >= 15 is 0 Å². The van der Waals surface area contributed by atoms with Gasteiger partial charge in [0.1, 0.15) is 0 Å². The van der Waals surface area contributed by atoms with Crippen LogP contribution >= 0.6 is 0 Å². The fraction of sp³-hybridized carbons (Fsp3) is 0.944. The zero-order valence-electron chi connectivity index (χ0n) is 14.6. The SMILES string of the molecule is CC(C)CC1NC(CC(C)C)N(C2CCCC(C)C2)C1=O. The van der Waals surface area contributed by atoms with Crippen LogP contribution in [-0.2, 0) is 4.79 Å². The van der Waals surface area contributed by atoms with E-state index in [9.17, 15) is 4.79 Å². The summed E-state index contributed by atoms with van der Waals surface area (Å²) < 4.78 is 0. The Hall–Kier alpha value is -0.570. The Bertz CT molecular complexity index is 353. The van der Waals surface area contributed by atoms with Gasteiger partial charge in [0.25, 0.3) is 0 Å². The molecule has 0 aromatic carbocycles. The maximum absolute atomic E-state index is 12.9. The molecule has 4 unspecified atom stereocenters. The monoisotopic (exact) mass is 294 g/mol. The van der Waals surface area contributed by atoms with Crippen molar-refractivity contribution < 1.29 is 4.79 Å². The molecule has 0 bridgehead atoms. The molecule has 2 fully saturated rings. The number of amides is 1. The molecule has 3 heteroatoms. The van der Waals surface area contributed by atoms with Gasteiger partial charge in [-0.2, -0.15) is 0 Å². The average molecular weight is 294 g/mol. The van der Waals surface area contributed by atoms with E-state index in [0.717, 1.165) is 18.8 Å². The number of nitrogens with zero attached hydrogens (tertiary/aromatic N) is 1. The van der Waals surface area contributed by atoms with Crippen LogP contribution in [0.15, 0.2) is 0 Å². The Balaban J connectivity index is 2.11. The highest BCUT2D eigenvalue weighted by Crippen LogP contribution is 2.32. The van der Waals surface area contributed by atoms with Crippen LogP contribution in [0.3, 0.4) is 0 Å². The predicted octanol–water partition coefficient (Wildman–Crippen LogP) is 3.78. The smallest absolute Gasteiger partial charge is 0.241 e. The Kier molecular flexibility index (Phi) is 5.70. The van der Waals surface area contributed by atoms with Crippen LogP contribution in [0, 0.1) is 17.8 Å². The summed E-state index contributed by atoms with van der Waals surface area (Å²) in [5, 5.41) is 3.64. The van der Waals surface area contributed by atoms with E-state index in [0.29, 0.717) is 23.8 Å². The van der Waals surface area contributed by atoms with Gasteiger partial charge in [0.15, 0.2) is 0 Å². The van der Waals surface area contributed by atoms with E-state index < -0.39 is 0 Å². The lowest BCUT2D eigenvalue weighted by Crippen LogP contribution is -2.47. The van der Waals surface area contributed by atoms with Crippen molar-refractivity contribution in [2.75, 3.05) is 0 Å². The molecular weight excluding hydrogens is 260 g/mol. The Morgan fingerprint density at radius 3 is 2.38 bits per heavy atom. The summed E-state index contributed by atoms with van der Waals surface area (Å²) in [6.07, 6.45) is 7.29. The second-order valence-electron chi connectivity index (χ2n) is 8.17. The summed E-state index contributed by atoms with van der Waals surface area (Å²) >= 11 is 0. The Labute approximate surface area is 130 Å². The third-order valence-corrected chi connectivity index (χ3v) is 4.99. The van der Waals surface area contributed by atoms with Crippen molar-refractivity contribution in [2.24, 2.45) is 17.8 Å². The number of carbonyl (C=O) groups excluding carboxylic acids is 1. The van der Waals surface area contributed by atoms with E-state index in [1.165, 1.54) is 25.7 Å². The van der Waals surface area contributed by atoms with Crippen molar-refractivity contribution in [3.8, 4) is 0 Å². The van der Waals surface area contributed by atoms with Crippen LogP contribution in [0.1, 0.15) is 73.1 Å². The number of carbonyl (C=O) groups is 1. The Morgan fingerprint density at radius 2 is 1.81 bits per heavy atom. The molecule has 1 aliphatic heterocycles. The van der Waals surface area contributed by atoms with Crippen LogP contribution in [0.5, 0.6) is 0 Å². The maximum Gasteiger partial charge on any atom is 0.241 e. The van der Waals surface area contributed by atoms with Crippen molar-refractivity contribution in [1.82, 2.24) is 10.2 Å². The molecule has 1 N–H and O–H groups in total. The highest BCUT2D eigenvalue weighted by atomic mass is 16.2. The van der Waals surface area contributed by atoms with Crippen molar-refractivity contribution in [2.45, 2.75) is 91.4 Å². The minimum Gasteiger partial charge on any atom is -0.323 e. The molecule has 1 saturated carbocycles. The molecule has 1 heterocycles. The fourth-order valence-corrected chi connectivity index (χ4v) is 4.07. The van der Waals surface area contributed by atoms with E-state index in [2.05, 4.69) is 44.8 Å². The van der Waals surface area contributed by atoms with Gasteiger partial charge in [-0.05, 0) is 43.4 Å². The third-order valence-electron chi connectivity index (χ3n) is 4.99. The second kappa shape index (κ2) is 7.13. The Morgan fingerprint density at radius 1 is 1.14 bits per heavy atom. The molecule has 2 rings (SSSR count). The van der Waals surface area contributed by atoms with E-state index in [1.807, 2.05) is 0 Å². The fourth-order valence-electron chi connectivity index (χ4n) is 4.07. The van der Waals surface area contributed by atoms with Crippen molar-refractivity contribution >= 4 is 5.91 Å². The molecule has 0 radical (unpaired) electrons. The summed E-state index contributed by atoms with van der Waals surface area (Å²) in [5.74, 6) is 2.32. The number of nitrogens with one attached hydrogen (secondary N) is 1. The van der Waals surface area contributed by atoms with E-state index in [1.54, 1.807) is 0 Å². The van der Waals surface area contributed by atoms with Crippen LogP contribution in [0.2, 0.25) is 0 Å². The van der Waals surface area contributed by atoms with Crippen LogP contribution in [-0.4, -0.2) is 29.1 Å². The van der Waals surface area contributed by atoms with Crippen LogP contribution in [0.25, 0.3) is 0 Å². The molecule has 0 spiro atoms.